The Morgan fingerprint density at radius 2 is 1.89 bits per heavy atom. The Balaban J connectivity index is 0. The van der Waals surface area contributed by atoms with E-state index in [1.165, 1.54) is 4.90 Å². The van der Waals surface area contributed by atoms with Crippen molar-refractivity contribution in [1.29, 1.82) is 0 Å². The molecule has 0 atom stereocenters. The molecule has 0 aromatic heterocycles. The van der Waals surface area contributed by atoms with Crippen molar-refractivity contribution in [2.45, 2.75) is 0 Å². The highest BCUT2D eigenvalue weighted by Crippen LogP contribution is 1.52. The van der Waals surface area contributed by atoms with Crippen LogP contribution in [0.4, 0.5) is 0 Å². The fourth-order valence-corrected chi connectivity index (χ4v) is 0. The summed E-state index contributed by atoms with van der Waals surface area (Å²) in [6.07, 6.45) is 0.750. The molecule has 0 radical (unpaired) electrons. The number of nitrogens with two attached hydrogens (primary N) is 1. The number of hydrogen-bond donors (Lipinski definition) is 2. The van der Waals surface area contributed by atoms with Crippen LogP contribution in [-0.4, -0.2) is 43.7 Å². The first-order valence-corrected chi connectivity index (χ1v) is 2.61. The van der Waals surface area contributed by atoms with Crippen molar-refractivity contribution >= 4 is 6.41 Å². The van der Waals surface area contributed by atoms with E-state index in [1.54, 1.807) is 14.1 Å². The Morgan fingerprint density at radius 3 is 1.89 bits per heavy atom. The third-order valence-corrected chi connectivity index (χ3v) is 0.340. The average Bonchev–Trinajstić information content (AvgIpc) is 1.89. The maximum Gasteiger partial charge on any atom is 0.209 e. The zero-order chi connectivity index (χ0) is 7.70. The molecule has 9 heavy (non-hydrogen) atoms. The molecule has 56 valence electrons. The number of carbonyl (C=O) groups excluding carboxylic acids is 1. The first kappa shape index (κ1) is 11.2. The third-order valence-electron chi connectivity index (χ3n) is 0.340. The molecule has 3 N–H and O–H groups in total. The van der Waals surface area contributed by atoms with Crippen molar-refractivity contribution in [1.82, 2.24) is 4.90 Å². The standard InChI is InChI=1S/C3H7NO.C2H7NO/c1-4(2)3-5;3-1-2-4/h3H,1-2H3;4H,1-3H2. The summed E-state index contributed by atoms with van der Waals surface area (Å²) < 4.78 is 0. The zero-order valence-electron chi connectivity index (χ0n) is 5.87. The predicted molar refractivity (Wildman–Crippen MR) is 35.9 cm³/mol. The molecule has 0 spiro atoms. The molecule has 0 bridgehead atoms. The lowest BCUT2D eigenvalue weighted by Crippen LogP contribution is -2.06. The van der Waals surface area contributed by atoms with Crippen molar-refractivity contribution in [3.8, 4) is 0 Å². The van der Waals surface area contributed by atoms with E-state index in [2.05, 4.69) is 0 Å². The van der Waals surface area contributed by atoms with Gasteiger partial charge in [-0.25, -0.2) is 0 Å². The van der Waals surface area contributed by atoms with Gasteiger partial charge in [0.1, 0.15) is 0 Å². The second-order valence-corrected chi connectivity index (χ2v) is 1.58. The molecule has 0 rings (SSSR count). The molecule has 0 saturated heterocycles. The van der Waals surface area contributed by atoms with Gasteiger partial charge in [0, 0.05) is 20.6 Å². The van der Waals surface area contributed by atoms with Gasteiger partial charge in [0.25, 0.3) is 0 Å². The van der Waals surface area contributed by atoms with E-state index in [0.29, 0.717) is 6.54 Å². The molecule has 0 aromatic carbocycles. The first-order valence-electron chi connectivity index (χ1n) is 2.61. The minimum Gasteiger partial charge on any atom is -0.395 e. The van der Waals surface area contributed by atoms with Gasteiger partial charge in [-0.3, -0.25) is 4.79 Å². The van der Waals surface area contributed by atoms with Crippen molar-refractivity contribution in [2.24, 2.45) is 5.73 Å². The molecule has 0 aliphatic heterocycles. The second kappa shape index (κ2) is 10.4. The molecule has 4 nitrogen and oxygen atoms in total. The SMILES string of the molecule is CN(C)C=O.NCCO. The lowest BCUT2D eigenvalue weighted by molar-refractivity contribution is -0.115. The smallest absolute Gasteiger partial charge is 0.209 e. The van der Waals surface area contributed by atoms with Crippen LogP contribution in [0.1, 0.15) is 0 Å². The molecule has 0 aromatic rings. The molecule has 0 saturated carbocycles. The van der Waals surface area contributed by atoms with Crippen LogP contribution < -0.4 is 5.73 Å². The topological polar surface area (TPSA) is 66.6 Å². The summed E-state index contributed by atoms with van der Waals surface area (Å²) in [6, 6.07) is 0. The lowest BCUT2D eigenvalue weighted by atomic mass is 10.8. The number of rotatable bonds is 2. The molecule has 0 fully saturated rings. The normalized spacial score (nSPS) is 7.11. The van der Waals surface area contributed by atoms with Crippen LogP contribution >= 0.6 is 0 Å². The number of amides is 1. The third kappa shape index (κ3) is 37.6. The first-order chi connectivity index (χ1) is 4.18. The molecule has 1 amide bonds. The molecule has 0 aliphatic rings. The minimum absolute atomic E-state index is 0.0972. The van der Waals surface area contributed by atoms with Gasteiger partial charge in [-0.1, -0.05) is 0 Å². The Labute approximate surface area is 55.3 Å². The summed E-state index contributed by atoms with van der Waals surface area (Å²) in [6.45, 7) is 0.472. The van der Waals surface area contributed by atoms with E-state index >= 15 is 0 Å². The average molecular weight is 134 g/mol. The Kier molecular flexibility index (Phi) is 13.0. The summed E-state index contributed by atoms with van der Waals surface area (Å²) in [5, 5.41) is 7.75. The molecular formula is C5H14N2O2. The molecular weight excluding hydrogens is 120 g/mol. The van der Waals surface area contributed by atoms with E-state index < -0.39 is 0 Å². The molecule has 0 unspecified atom stereocenters. The number of carbonyl (C=O) groups is 1. The van der Waals surface area contributed by atoms with Gasteiger partial charge in [0.15, 0.2) is 0 Å². The Morgan fingerprint density at radius 1 is 1.67 bits per heavy atom. The van der Waals surface area contributed by atoms with Gasteiger partial charge in [0.2, 0.25) is 6.41 Å². The van der Waals surface area contributed by atoms with Gasteiger partial charge in [0.05, 0.1) is 6.61 Å². The molecule has 4 heteroatoms. The van der Waals surface area contributed by atoms with Crippen LogP contribution in [0.5, 0.6) is 0 Å². The van der Waals surface area contributed by atoms with Crippen molar-refractivity contribution < 1.29 is 9.90 Å². The van der Waals surface area contributed by atoms with Gasteiger partial charge in [-0.15, -0.1) is 0 Å². The highest BCUT2D eigenvalue weighted by molar-refractivity contribution is 5.45. The lowest BCUT2D eigenvalue weighted by Gasteiger charge is -1.93. The Bertz CT molecular complexity index is 54.9. The van der Waals surface area contributed by atoms with Crippen molar-refractivity contribution in [3.05, 3.63) is 0 Å². The summed E-state index contributed by atoms with van der Waals surface area (Å²) in [5.41, 5.74) is 4.78. The predicted octanol–water partition coefficient (Wildman–Crippen LogP) is -1.36. The quantitative estimate of drug-likeness (QED) is 0.458. The van der Waals surface area contributed by atoms with Crippen LogP contribution in [0.3, 0.4) is 0 Å². The van der Waals surface area contributed by atoms with Gasteiger partial charge in [-0.05, 0) is 0 Å². The monoisotopic (exact) mass is 134 g/mol. The largest absolute Gasteiger partial charge is 0.395 e. The Hall–Kier alpha value is -0.610. The zero-order valence-corrected chi connectivity index (χ0v) is 5.87. The maximum atomic E-state index is 9.43. The summed E-state index contributed by atoms with van der Waals surface area (Å²) in [4.78, 5) is 10.9. The second-order valence-electron chi connectivity index (χ2n) is 1.58. The summed E-state index contributed by atoms with van der Waals surface area (Å²) in [7, 11) is 3.38. The number of nitrogens with zero attached hydrogens (tertiary/aromatic N) is 1. The number of aliphatic hydroxyl groups is 1. The van der Waals surface area contributed by atoms with E-state index in [4.69, 9.17) is 10.8 Å². The molecule has 0 heterocycles. The van der Waals surface area contributed by atoms with E-state index in [1.807, 2.05) is 0 Å². The van der Waals surface area contributed by atoms with Gasteiger partial charge in [-0.2, -0.15) is 0 Å². The number of aliphatic hydroxyl groups excluding tert-OH is 1. The molecule has 0 aliphatic carbocycles. The van der Waals surface area contributed by atoms with Gasteiger partial charge < -0.3 is 15.7 Å². The van der Waals surface area contributed by atoms with Crippen LogP contribution in [-0.2, 0) is 4.79 Å². The van der Waals surface area contributed by atoms with Crippen LogP contribution in [0.2, 0.25) is 0 Å². The number of hydrogen-bond acceptors (Lipinski definition) is 3. The van der Waals surface area contributed by atoms with Crippen LogP contribution in [0.25, 0.3) is 0 Å². The van der Waals surface area contributed by atoms with Crippen LogP contribution in [0.15, 0.2) is 0 Å². The van der Waals surface area contributed by atoms with Gasteiger partial charge >= 0.3 is 0 Å². The van der Waals surface area contributed by atoms with E-state index in [-0.39, 0.29) is 6.61 Å². The minimum atomic E-state index is 0.0972. The maximum absolute atomic E-state index is 9.43. The summed E-state index contributed by atoms with van der Waals surface area (Å²) in [5.74, 6) is 0. The van der Waals surface area contributed by atoms with Crippen molar-refractivity contribution in [3.63, 3.8) is 0 Å². The highest BCUT2D eigenvalue weighted by atomic mass is 16.3. The van der Waals surface area contributed by atoms with Crippen molar-refractivity contribution in [2.75, 3.05) is 27.2 Å². The van der Waals surface area contributed by atoms with Crippen LogP contribution in [0, 0.1) is 0 Å². The van der Waals surface area contributed by atoms with E-state index in [9.17, 15) is 4.79 Å². The van der Waals surface area contributed by atoms with E-state index in [0.717, 1.165) is 6.41 Å². The fraction of sp³-hybridized carbons (Fsp3) is 0.800. The summed E-state index contributed by atoms with van der Waals surface area (Å²) >= 11 is 0. The highest BCUT2D eigenvalue weighted by Gasteiger charge is 1.68. The fourth-order valence-electron chi connectivity index (χ4n) is 0.